The van der Waals surface area contributed by atoms with Gasteiger partial charge in [-0.3, -0.25) is 0 Å². The second-order valence-corrected chi connectivity index (χ2v) is 5.07. The van der Waals surface area contributed by atoms with Crippen molar-refractivity contribution in [3.8, 4) is 5.75 Å². The molecule has 4 nitrogen and oxygen atoms in total. The van der Waals surface area contributed by atoms with Crippen LogP contribution in [-0.2, 0) is 13.0 Å². The van der Waals surface area contributed by atoms with Crippen molar-refractivity contribution >= 4 is 16.7 Å². The van der Waals surface area contributed by atoms with Gasteiger partial charge in [0.05, 0.1) is 18.1 Å². The normalized spacial score (nSPS) is 11.0. The first-order valence-electron chi connectivity index (χ1n) is 7.09. The lowest BCUT2D eigenvalue weighted by molar-refractivity contribution is 0.414. The summed E-state index contributed by atoms with van der Waals surface area (Å²) in [5.41, 5.74) is 9.95. The molecule has 0 fully saturated rings. The van der Waals surface area contributed by atoms with E-state index in [1.807, 2.05) is 36.4 Å². The van der Waals surface area contributed by atoms with Crippen LogP contribution >= 0.6 is 0 Å². The average Bonchev–Trinajstić information content (AvgIpc) is 2.85. The zero-order valence-corrected chi connectivity index (χ0v) is 12.3. The van der Waals surface area contributed by atoms with E-state index >= 15 is 0 Å². The van der Waals surface area contributed by atoms with Crippen molar-refractivity contribution in [3.63, 3.8) is 0 Å². The highest BCUT2D eigenvalue weighted by Gasteiger charge is 2.10. The summed E-state index contributed by atoms with van der Waals surface area (Å²) in [6.45, 7) is 2.86. The molecule has 0 amide bonds. The first-order valence-corrected chi connectivity index (χ1v) is 7.09. The van der Waals surface area contributed by atoms with Crippen molar-refractivity contribution in [2.75, 3.05) is 12.8 Å². The number of nitrogens with two attached hydrogens (primary N) is 1. The van der Waals surface area contributed by atoms with Crippen LogP contribution < -0.4 is 10.5 Å². The maximum absolute atomic E-state index is 5.94. The van der Waals surface area contributed by atoms with E-state index in [-0.39, 0.29) is 0 Å². The predicted molar refractivity (Wildman–Crippen MR) is 85.6 cm³/mol. The molecule has 21 heavy (non-hydrogen) atoms. The molecular formula is C17H19N3O. The van der Waals surface area contributed by atoms with Crippen LogP contribution in [0.2, 0.25) is 0 Å². The van der Waals surface area contributed by atoms with E-state index < -0.39 is 0 Å². The quantitative estimate of drug-likeness (QED) is 0.747. The van der Waals surface area contributed by atoms with E-state index in [1.165, 1.54) is 0 Å². The zero-order chi connectivity index (χ0) is 14.8. The Balaban J connectivity index is 2.07. The van der Waals surface area contributed by atoms with Crippen LogP contribution in [0.1, 0.15) is 18.3 Å². The number of hydrogen-bond acceptors (Lipinski definition) is 3. The Labute approximate surface area is 124 Å². The number of benzene rings is 2. The molecule has 2 N–H and O–H groups in total. The van der Waals surface area contributed by atoms with E-state index in [9.17, 15) is 0 Å². The summed E-state index contributed by atoms with van der Waals surface area (Å²) < 4.78 is 7.53. The monoisotopic (exact) mass is 281 g/mol. The highest BCUT2D eigenvalue weighted by Crippen LogP contribution is 2.22. The molecule has 0 aliphatic carbocycles. The Morgan fingerprint density at radius 1 is 1.19 bits per heavy atom. The van der Waals surface area contributed by atoms with E-state index in [2.05, 4.69) is 17.6 Å². The molecule has 3 rings (SSSR count). The number of nitrogens with zero attached hydrogens (tertiary/aromatic N) is 2. The molecule has 1 heterocycles. The van der Waals surface area contributed by atoms with E-state index in [1.54, 1.807) is 7.11 Å². The van der Waals surface area contributed by atoms with E-state index in [4.69, 9.17) is 15.5 Å². The van der Waals surface area contributed by atoms with Crippen molar-refractivity contribution in [1.29, 1.82) is 0 Å². The summed E-state index contributed by atoms with van der Waals surface area (Å²) >= 11 is 0. The minimum absolute atomic E-state index is 0.715. The molecule has 4 heteroatoms. The molecular weight excluding hydrogens is 262 g/mol. The van der Waals surface area contributed by atoms with Crippen LogP contribution in [0.4, 0.5) is 5.69 Å². The summed E-state index contributed by atoms with van der Waals surface area (Å²) in [7, 11) is 1.66. The molecule has 0 saturated heterocycles. The number of hydrogen-bond donors (Lipinski definition) is 1. The van der Waals surface area contributed by atoms with Crippen molar-refractivity contribution in [2.24, 2.45) is 0 Å². The van der Waals surface area contributed by atoms with Gasteiger partial charge in [-0.05, 0) is 29.8 Å². The lowest BCUT2D eigenvalue weighted by Gasteiger charge is -2.10. The Morgan fingerprint density at radius 3 is 2.76 bits per heavy atom. The molecule has 2 aromatic carbocycles. The summed E-state index contributed by atoms with van der Waals surface area (Å²) in [5, 5.41) is 0. The average molecular weight is 281 g/mol. The van der Waals surface area contributed by atoms with Gasteiger partial charge in [0.25, 0.3) is 0 Å². The van der Waals surface area contributed by atoms with Crippen LogP contribution in [0, 0.1) is 0 Å². The molecule has 0 aliphatic heterocycles. The summed E-state index contributed by atoms with van der Waals surface area (Å²) in [4.78, 5) is 4.69. The fourth-order valence-electron chi connectivity index (χ4n) is 2.65. The fourth-order valence-corrected chi connectivity index (χ4v) is 2.65. The van der Waals surface area contributed by atoms with Crippen molar-refractivity contribution < 1.29 is 4.74 Å². The Bertz CT molecular complexity index is 777. The summed E-state index contributed by atoms with van der Waals surface area (Å²) in [6, 6.07) is 14.0. The zero-order valence-electron chi connectivity index (χ0n) is 12.3. The standard InChI is InChI=1S/C17H19N3O/c1-3-17-19-15-6-4-5-7-16(15)20(17)11-12-8-13(18)10-14(9-12)21-2/h4-10H,3,11,18H2,1-2H3. The van der Waals surface area contributed by atoms with Crippen molar-refractivity contribution in [3.05, 3.63) is 53.9 Å². The third-order valence-corrected chi connectivity index (χ3v) is 3.61. The van der Waals surface area contributed by atoms with Gasteiger partial charge in [-0.15, -0.1) is 0 Å². The molecule has 0 unspecified atom stereocenters. The SMILES string of the molecule is CCc1nc2ccccc2n1Cc1cc(N)cc(OC)c1. The number of aryl methyl sites for hydroxylation is 1. The maximum Gasteiger partial charge on any atom is 0.121 e. The number of imidazole rings is 1. The smallest absolute Gasteiger partial charge is 0.121 e. The lowest BCUT2D eigenvalue weighted by Crippen LogP contribution is -2.05. The number of fused-ring (bicyclic) bond motifs is 1. The van der Waals surface area contributed by atoms with Crippen LogP contribution in [0.5, 0.6) is 5.75 Å². The number of anilines is 1. The highest BCUT2D eigenvalue weighted by molar-refractivity contribution is 5.76. The van der Waals surface area contributed by atoms with Gasteiger partial charge in [0.2, 0.25) is 0 Å². The van der Waals surface area contributed by atoms with Crippen LogP contribution in [0.25, 0.3) is 11.0 Å². The molecule has 0 aliphatic rings. The topological polar surface area (TPSA) is 53.1 Å². The van der Waals surface area contributed by atoms with Gasteiger partial charge in [0.15, 0.2) is 0 Å². The Hall–Kier alpha value is -2.49. The number of nitrogen functional groups attached to an aromatic ring is 1. The second kappa shape index (κ2) is 5.48. The van der Waals surface area contributed by atoms with Gasteiger partial charge < -0.3 is 15.0 Å². The molecule has 0 saturated carbocycles. The van der Waals surface area contributed by atoms with Gasteiger partial charge in [-0.1, -0.05) is 19.1 Å². The van der Waals surface area contributed by atoms with E-state index in [0.717, 1.165) is 41.1 Å². The van der Waals surface area contributed by atoms with Gasteiger partial charge >= 0.3 is 0 Å². The third-order valence-electron chi connectivity index (χ3n) is 3.61. The van der Waals surface area contributed by atoms with Gasteiger partial charge in [-0.25, -0.2) is 4.98 Å². The molecule has 0 atom stereocenters. The van der Waals surface area contributed by atoms with Crippen molar-refractivity contribution in [1.82, 2.24) is 9.55 Å². The Morgan fingerprint density at radius 2 is 2.00 bits per heavy atom. The second-order valence-electron chi connectivity index (χ2n) is 5.07. The third kappa shape index (κ3) is 2.57. The number of aromatic nitrogens is 2. The molecule has 108 valence electrons. The lowest BCUT2D eigenvalue weighted by atomic mass is 10.2. The van der Waals surface area contributed by atoms with Crippen LogP contribution in [-0.4, -0.2) is 16.7 Å². The first-order chi connectivity index (χ1) is 10.2. The van der Waals surface area contributed by atoms with Gasteiger partial charge in [-0.2, -0.15) is 0 Å². The fraction of sp³-hybridized carbons (Fsp3) is 0.235. The Kier molecular flexibility index (Phi) is 3.52. The molecule has 0 spiro atoms. The summed E-state index contributed by atoms with van der Waals surface area (Å²) in [6.07, 6.45) is 0.897. The number of rotatable bonds is 4. The maximum atomic E-state index is 5.94. The predicted octanol–water partition coefficient (Wildman–Crippen LogP) is 3.24. The van der Waals surface area contributed by atoms with Crippen molar-refractivity contribution in [2.45, 2.75) is 19.9 Å². The largest absolute Gasteiger partial charge is 0.497 e. The van der Waals surface area contributed by atoms with Gasteiger partial charge in [0.1, 0.15) is 11.6 Å². The number of ether oxygens (including phenoxy) is 1. The summed E-state index contributed by atoms with van der Waals surface area (Å²) in [5.74, 6) is 1.87. The molecule has 1 aromatic heterocycles. The highest BCUT2D eigenvalue weighted by atomic mass is 16.5. The minimum atomic E-state index is 0.715. The first kappa shape index (κ1) is 13.5. The number of methoxy groups -OCH3 is 1. The van der Waals surface area contributed by atoms with E-state index in [0.29, 0.717) is 5.69 Å². The van der Waals surface area contributed by atoms with Crippen LogP contribution in [0.3, 0.4) is 0 Å². The van der Waals surface area contributed by atoms with Gasteiger partial charge in [0, 0.05) is 24.7 Å². The minimum Gasteiger partial charge on any atom is -0.497 e. The molecule has 3 aromatic rings. The van der Waals surface area contributed by atoms with Crippen LogP contribution in [0.15, 0.2) is 42.5 Å². The molecule has 0 radical (unpaired) electrons. The number of para-hydroxylation sites is 2. The molecule has 0 bridgehead atoms.